The summed E-state index contributed by atoms with van der Waals surface area (Å²) in [7, 11) is 0. The fourth-order valence-electron chi connectivity index (χ4n) is 2.00. The minimum Gasteiger partial charge on any atom is -0.340 e. The van der Waals surface area contributed by atoms with E-state index >= 15 is 0 Å². The van der Waals surface area contributed by atoms with Gasteiger partial charge in [-0.3, -0.25) is 4.79 Å². The van der Waals surface area contributed by atoms with Gasteiger partial charge in [0.25, 0.3) is 0 Å². The Bertz CT molecular complexity index is 703. The van der Waals surface area contributed by atoms with Gasteiger partial charge in [0.2, 0.25) is 0 Å². The zero-order valence-corrected chi connectivity index (χ0v) is 10.9. The topological polar surface area (TPSA) is 34.9 Å². The molecule has 1 aromatic carbocycles. The van der Waals surface area contributed by atoms with E-state index in [2.05, 4.69) is 4.98 Å². The summed E-state index contributed by atoms with van der Waals surface area (Å²) in [6.45, 7) is 0.655. The van der Waals surface area contributed by atoms with Crippen LogP contribution in [-0.2, 0) is 6.54 Å². The lowest BCUT2D eigenvalue weighted by Gasteiger charge is -2.02. The second-order valence-corrected chi connectivity index (χ2v) is 5.33. The summed E-state index contributed by atoms with van der Waals surface area (Å²) in [4.78, 5) is 15.3. The van der Waals surface area contributed by atoms with Crippen LogP contribution in [-0.4, -0.2) is 15.8 Å². The van der Waals surface area contributed by atoms with Crippen LogP contribution < -0.4 is 0 Å². The van der Waals surface area contributed by atoms with Gasteiger partial charge in [-0.1, -0.05) is 17.7 Å². The number of carbonyl (C=O) groups is 1. The molecular formula is C13H9ClN2OS. The number of aromatic nitrogens is 2. The van der Waals surface area contributed by atoms with Gasteiger partial charge in [0.15, 0.2) is 6.29 Å². The molecule has 0 aliphatic rings. The molecule has 90 valence electrons. The van der Waals surface area contributed by atoms with Gasteiger partial charge in [0.1, 0.15) is 5.01 Å². The van der Waals surface area contributed by atoms with Crippen LogP contribution in [0.1, 0.15) is 15.4 Å². The van der Waals surface area contributed by atoms with E-state index in [0.29, 0.717) is 17.1 Å². The van der Waals surface area contributed by atoms with Crippen molar-refractivity contribution in [1.82, 2.24) is 9.55 Å². The lowest BCUT2D eigenvalue weighted by Crippen LogP contribution is -1.96. The van der Waals surface area contributed by atoms with Crippen molar-refractivity contribution in [3.8, 4) is 0 Å². The Labute approximate surface area is 113 Å². The number of fused-ring (bicyclic) bond motifs is 1. The molecule has 0 aliphatic heterocycles. The van der Waals surface area contributed by atoms with E-state index in [9.17, 15) is 4.79 Å². The SMILES string of the molecule is O=Cc1cn(Cc2nccs2)c2cc(Cl)ccc12. The van der Waals surface area contributed by atoms with Crippen LogP contribution in [0.3, 0.4) is 0 Å². The molecule has 0 amide bonds. The van der Waals surface area contributed by atoms with Crippen molar-refractivity contribution in [2.45, 2.75) is 6.54 Å². The number of carbonyl (C=O) groups excluding carboxylic acids is 1. The van der Waals surface area contributed by atoms with Gasteiger partial charge < -0.3 is 4.57 Å². The summed E-state index contributed by atoms with van der Waals surface area (Å²) in [5.41, 5.74) is 1.64. The molecule has 3 nitrogen and oxygen atoms in total. The minimum absolute atomic E-state index is 0.655. The number of nitrogens with zero attached hydrogens (tertiary/aromatic N) is 2. The predicted molar refractivity (Wildman–Crippen MR) is 73.6 cm³/mol. The minimum atomic E-state index is 0.655. The molecule has 0 saturated carbocycles. The van der Waals surface area contributed by atoms with Crippen molar-refractivity contribution < 1.29 is 4.79 Å². The van der Waals surface area contributed by atoms with Gasteiger partial charge in [-0.2, -0.15) is 0 Å². The molecular weight excluding hydrogens is 268 g/mol. The monoisotopic (exact) mass is 276 g/mol. The third-order valence-corrected chi connectivity index (χ3v) is 3.79. The molecule has 2 heterocycles. The van der Waals surface area contributed by atoms with Crippen LogP contribution in [0.5, 0.6) is 0 Å². The van der Waals surface area contributed by atoms with Crippen LogP contribution in [0, 0.1) is 0 Å². The van der Waals surface area contributed by atoms with E-state index in [4.69, 9.17) is 11.6 Å². The lowest BCUT2D eigenvalue weighted by atomic mass is 10.2. The van der Waals surface area contributed by atoms with E-state index in [1.54, 1.807) is 23.6 Å². The standard InChI is InChI=1S/C13H9ClN2OS/c14-10-1-2-11-9(8-17)6-16(12(11)5-10)7-13-15-3-4-18-13/h1-6,8H,7H2. The molecule has 3 rings (SSSR count). The maximum atomic E-state index is 11.1. The second-order valence-electron chi connectivity index (χ2n) is 3.92. The van der Waals surface area contributed by atoms with E-state index in [1.807, 2.05) is 28.3 Å². The lowest BCUT2D eigenvalue weighted by molar-refractivity contribution is 0.112. The maximum absolute atomic E-state index is 11.1. The van der Waals surface area contributed by atoms with Crippen LogP contribution in [0.2, 0.25) is 5.02 Å². The Morgan fingerprint density at radius 2 is 2.33 bits per heavy atom. The van der Waals surface area contributed by atoms with Crippen molar-refractivity contribution in [1.29, 1.82) is 0 Å². The largest absolute Gasteiger partial charge is 0.340 e. The van der Waals surface area contributed by atoms with Gasteiger partial charge in [0, 0.05) is 33.7 Å². The summed E-state index contributed by atoms with van der Waals surface area (Å²) >= 11 is 7.60. The van der Waals surface area contributed by atoms with E-state index in [-0.39, 0.29) is 0 Å². The quantitative estimate of drug-likeness (QED) is 0.685. The van der Waals surface area contributed by atoms with Crippen LogP contribution >= 0.6 is 22.9 Å². The number of rotatable bonds is 3. The molecule has 18 heavy (non-hydrogen) atoms. The first kappa shape index (κ1) is 11.4. The number of thiazole rings is 1. The number of hydrogen-bond donors (Lipinski definition) is 0. The number of hydrogen-bond acceptors (Lipinski definition) is 3. The average molecular weight is 277 g/mol. The van der Waals surface area contributed by atoms with Gasteiger partial charge in [-0.15, -0.1) is 11.3 Å². The zero-order valence-electron chi connectivity index (χ0n) is 9.34. The molecule has 0 radical (unpaired) electrons. The Hall–Kier alpha value is -1.65. The van der Waals surface area contributed by atoms with Crippen molar-refractivity contribution in [2.24, 2.45) is 0 Å². The van der Waals surface area contributed by atoms with E-state index < -0.39 is 0 Å². The molecule has 3 aromatic rings. The molecule has 0 fully saturated rings. The first-order valence-corrected chi connectivity index (χ1v) is 6.65. The average Bonchev–Trinajstić information content (AvgIpc) is 2.98. The molecule has 0 bridgehead atoms. The van der Waals surface area contributed by atoms with Gasteiger partial charge in [-0.05, 0) is 12.1 Å². The highest BCUT2D eigenvalue weighted by atomic mass is 35.5. The molecule has 0 spiro atoms. The molecule has 5 heteroatoms. The predicted octanol–water partition coefficient (Wildman–Crippen LogP) is 3.61. The highest BCUT2D eigenvalue weighted by molar-refractivity contribution is 7.09. The van der Waals surface area contributed by atoms with Crippen molar-refractivity contribution in [3.05, 3.63) is 51.6 Å². The van der Waals surface area contributed by atoms with Crippen LogP contribution in [0.4, 0.5) is 0 Å². The van der Waals surface area contributed by atoms with E-state index in [0.717, 1.165) is 22.2 Å². The zero-order chi connectivity index (χ0) is 12.5. The molecule has 0 saturated heterocycles. The summed E-state index contributed by atoms with van der Waals surface area (Å²) in [6, 6.07) is 5.54. The fourth-order valence-corrected chi connectivity index (χ4v) is 2.78. The number of aldehydes is 1. The van der Waals surface area contributed by atoms with Gasteiger partial charge in [0.05, 0.1) is 12.1 Å². The number of halogens is 1. The Morgan fingerprint density at radius 3 is 3.06 bits per heavy atom. The first-order chi connectivity index (χ1) is 8.78. The summed E-state index contributed by atoms with van der Waals surface area (Å²) in [5.74, 6) is 0. The molecule has 0 atom stereocenters. The maximum Gasteiger partial charge on any atom is 0.152 e. The van der Waals surface area contributed by atoms with Crippen LogP contribution in [0.15, 0.2) is 36.0 Å². The van der Waals surface area contributed by atoms with Crippen molar-refractivity contribution in [2.75, 3.05) is 0 Å². The second kappa shape index (κ2) is 4.55. The van der Waals surface area contributed by atoms with Gasteiger partial charge >= 0.3 is 0 Å². The fraction of sp³-hybridized carbons (Fsp3) is 0.0769. The third kappa shape index (κ3) is 1.94. The highest BCUT2D eigenvalue weighted by Gasteiger charge is 2.09. The third-order valence-electron chi connectivity index (χ3n) is 2.79. The van der Waals surface area contributed by atoms with E-state index in [1.165, 1.54) is 0 Å². The number of benzene rings is 1. The summed E-state index contributed by atoms with van der Waals surface area (Å²) < 4.78 is 2.00. The van der Waals surface area contributed by atoms with Gasteiger partial charge in [-0.25, -0.2) is 4.98 Å². The van der Waals surface area contributed by atoms with Crippen molar-refractivity contribution >= 4 is 40.1 Å². The van der Waals surface area contributed by atoms with Crippen LogP contribution in [0.25, 0.3) is 10.9 Å². The molecule has 0 unspecified atom stereocenters. The van der Waals surface area contributed by atoms with Crippen molar-refractivity contribution in [3.63, 3.8) is 0 Å². The Morgan fingerprint density at radius 1 is 1.44 bits per heavy atom. The molecule has 0 N–H and O–H groups in total. The molecule has 0 aliphatic carbocycles. The molecule has 2 aromatic heterocycles. The smallest absolute Gasteiger partial charge is 0.152 e. The Kier molecular flexibility index (Phi) is 2.89. The summed E-state index contributed by atoms with van der Waals surface area (Å²) in [5, 5.41) is 4.53. The first-order valence-electron chi connectivity index (χ1n) is 5.40. The normalized spacial score (nSPS) is 10.9. The summed E-state index contributed by atoms with van der Waals surface area (Å²) in [6.07, 6.45) is 4.49. The highest BCUT2D eigenvalue weighted by Crippen LogP contribution is 2.25. The Balaban J connectivity index is 2.16.